The lowest BCUT2D eigenvalue weighted by atomic mass is 9.78. The highest BCUT2D eigenvalue weighted by Crippen LogP contribution is 2.41. The van der Waals surface area contributed by atoms with Gasteiger partial charge in [0.2, 0.25) is 0 Å². The van der Waals surface area contributed by atoms with E-state index in [1.54, 1.807) is 7.11 Å². The molecule has 1 fully saturated rings. The maximum atomic E-state index is 13.4. The van der Waals surface area contributed by atoms with Crippen LogP contribution in [0, 0.1) is 11.6 Å². The second-order valence-electron chi connectivity index (χ2n) is 5.32. The molecule has 0 aromatic heterocycles. The van der Waals surface area contributed by atoms with E-state index in [1.165, 1.54) is 12.1 Å². The van der Waals surface area contributed by atoms with Gasteiger partial charge in [0.1, 0.15) is 11.6 Å². The molecule has 0 atom stereocenters. The zero-order chi connectivity index (χ0) is 13.7. The van der Waals surface area contributed by atoms with Gasteiger partial charge in [-0.25, -0.2) is 8.78 Å². The summed E-state index contributed by atoms with van der Waals surface area (Å²) in [5.74, 6) is -0.976. The second kappa shape index (κ2) is 6.44. The van der Waals surface area contributed by atoms with Crippen molar-refractivity contribution in [3.8, 4) is 0 Å². The predicted molar refractivity (Wildman–Crippen MR) is 71.2 cm³/mol. The Morgan fingerprint density at radius 2 is 1.79 bits per heavy atom. The molecule has 1 aromatic carbocycles. The highest BCUT2D eigenvalue weighted by molar-refractivity contribution is 5.28. The van der Waals surface area contributed by atoms with Crippen LogP contribution in [-0.4, -0.2) is 26.8 Å². The molecule has 0 unspecified atom stereocenters. The number of hydrogen-bond acceptors (Lipinski definition) is 2. The molecule has 0 heterocycles. The van der Waals surface area contributed by atoms with Crippen molar-refractivity contribution in [2.45, 2.75) is 31.1 Å². The van der Waals surface area contributed by atoms with Crippen LogP contribution in [-0.2, 0) is 10.2 Å². The van der Waals surface area contributed by atoms with Crippen molar-refractivity contribution in [2.24, 2.45) is 0 Å². The number of rotatable bonds is 6. The van der Waals surface area contributed by atoms with Crippen LogP contribution in [0.3, 0.4) is 0 Å². The van der Waals surface area contributed by atoms with Crippen molar-refractivity contribution in [1.82, 2.24) is 5.32 Å². The maximum absolute atomic E-state index is 13.4. The van der Waals surface area contributed by atoms with Crippen LogP contribution in [0.2, 0.25) is 0 Å². The number of benzene rings is 1. The molecule has 1 aliphatic rings. The highest BCUT2D eigenvalue weighted by Gasteiger charge is 2.35. The first-order chi connectivity index (χ1) is 9.16. The Kier molecular flexibility index (Phi) is 4.88. The lowest BCUT2D eigenvalue weighted by molar-refractivity contribution is 0.196. The Morgan fingerprint density at radius 3 is 2.37 bits per heavy atom. The topological polar surface area (TPSA) is 21.3 Å². The molecule has 0 aliphatic heterocycles. The summed E-state index contributed by atoms with van der Waals surface area (Å²) in [6.45, 7) is 2.16. The Morgan fingerprint density at radius 1 is 1.16 bits per heavy atom. The molecule has 4 heteroatoms. The molecule has 1 aliphatic carbocycles. The van der Waals surface area contributed by atoms with E-state index in [2.05, 4.69) is 5.32 Å². The fraction of sp³-hybridized carbons (Fsp3) is 0.600. The molecule has 0 bridgehead atoms. The number of halogens is 2. The number of hydrogen-bond donors (Lipinski definition) is 1. The lowest BCUT2D eigenvalue weighted by Crippen LogP contribution is -2.37. The molecule has 2 rings (SSSR count). The first-order valence-electron chi connectivity index (χ1n) is 6.82. The molecular formula is C15H21F2NO. The molecule has 2 nitrogen and oxygen atoms in total. The minimum atomic E-state index is -0.488. The fourth-order valence-electron chi connectivity index (χ4n) is 2.98. The molecule has 19 heavy (non-hydrogen) atoms. The monoisotopic (exact) mass is 269 g/mol. The molecular weight excluding hydrogens is 248 g/mol. The summed E-state index contributed by atoms with van der Waals surface area (Å²) in [4.78, 5) is 0. The third kappa shape index (κ3) is 3.51. The van der Waals surface area contributed by atoms with Crippen molar-refractivity contribution in [1.29, 1.82) is 0 Å². The van der Waals surface area contributed by atoms with E-state index < -0.39 is 11.6 Å². The van der Waals surface area contributed by atoms with Crippen molar-refractivity contribution >= 4 is 0 Å². The third-order valence-electron chi connectivity index (χ3n) is 3.98. The van der Waals surface area contributed by atoms with Crippen LogP contribution in [0.15, 0.2) is 18.2 Å². The highest BCUT2D eigenvalue weighted by atomic mass is 19.1. The summed E-state index contributed by atoms with van der Waals surface area (Å²) in [6.07, 6.45) is 4.19. The van der Waals surface area contributed by atoms with Gasteiger partial charge in [-0.05, 0) is 30.5 Å². The van der Waals surface area contributed by atoms with E-state index in [9.17, 15) is 8.78 Å². The minimum Gasteiger partial charge on any atom is -0.383 e. The van der Waals surface area contributed by atoms with Gasteiger partial charge in [-0.1, -0.05) is 12.8 Å². The van der Waals surface area contributed by atoms with Gasteiger partial charge in [0, 0.05) is 31.7 Å². The van der Waals surface area contributed by atoms with Crippen molar-refractivity contribution in [2.75, 3.05) is 26.8 Å². The molecule has 0 radical (unpaired) electrons. The zero-order valence-corrected chi connectivity index (χ0v) is 11.3. The SMILES string of the molecule is COCCNCC1(c2cc(F)cc(F)c2)CCCC1. The largest absolute Gasteiger partial charge is 0.383 e. The molecule has 1 aromatic rings. The molecule has 0 saturated heterocycles. The lowest BCUT2D eigenvalue weighted by Gasteiger charge is -2.30. The van der Waals surface area contributed by atoms with Crippen LogP contribution in [0.5, 0.6) is 0 Å². The van der Waals surface area contributed by atoms with E-state index in [0.717, 1.165) is 50.4 Å². The number of methoxy groups -OCH3 is 1. The third-order valence-corrected chi connectivity index (χ3v) is 3.98. The summed E-state index contributed by atoms with van der Waals surface area (Å²) in [5, 5.41) is 3.34. The van der Waals surface area contributed by atoms with Gasteiger partial charge in [0.15, 0.2) is 0 Å². The van der Waals surface area contributed by atoms with Crippen molar-refractivity contribution < 1.29 is 13.5 Å². The van der Waals surface area contributed by atoms with Gasteiger partial charge in [-0.2, -0.15) is 0 Å². The van der Waals surface area contributed by atoms with E-state index in [-0.39, 0.29) is 5.41 Å². The average Bonchev–Trinajstić information content (AvgIpc) is 2.84. The summed E-state index contributed by atoms with van der Waals surface area (Å²) in [6, 6.07) is 3.89. The first-order valence-corrected chi connectivity index (χ1v) is 6.82. The van der Waals surface area contributed by atoms with Crippen LogP contribution >= 0.6 is 0 Å². The molecule has 1 N–H and O–H groups in total. The Balaban J connectivity index is 2.13. The first kappa shape index (κ1) is 14.4. The van der Waals surface area contributed by atoms with Gasteiger partial charge in [-0.15, -0.1) is 0 Å². The Hall–Kier alpha value is -1.00. The summed E-state index contributed by atoms with van der Waals surface area (Å²) in [5.41, 5.74) is 0.656. The van der Waals surface area contributed by atoms with Gasteiger partial charge >= 0.3 is 0 Å². The molecule has 1 saturated carbocycles. The summed E-state index contributed by atoms with van der Waals surface area (Å²) >= 11 is 0. The van der Waals surface area contributed by atoms with Crippen LogP contribution < -0.4 is 5.32 Å². The summed E-state index contributed by atoms with van der Waals surface area (Å²) in [7, 11) is 1.66. The van der Waals surface area contributed by atoms with Gasteiger partial charge in [0.25, 0.3) is 0 Å². The maximum Gasteiger partial charge on any atom is 0.126 e. The minimum absolute atomic E-state index is 0.128. The van der Waals surface area contributed by atoms with Crippen molar-refractivity contribution in [3.05, 3.63) is 35.4 Å². The van der Waals surface area contributed by atoms with E-state index >= 15 is 0 Å². The number of nitrogens with one attached hydrogen (secondary N) is 1. The van der Waals surface area contributed by atoms with Crippen LogP contribution in [0.25, 0.3) is 0 Å². The number of ether oxygens (including phenoxy) is 1. The van der Waals surface area contributed by atoms with Crippen LogP contribution in [0.4, 0.5) is 8.78 Å². The van der Waals surface area contributed by atoms with E-state index in [1.807, 2.05) is 0 Å². The molecule has 106 valence electrons. The smallest absolute Gasteiger partial charge is 0.126 e. The summed E-state index contributed by atoms with van der Waals surface area (Å²) < 4.78 is 31.8. The average molecular weight is 269 g/mol. The Bertz CT molecular complexity index is 396. The van der Waals surface area contributed by atoms with Gasteiger partial charge in [0.05, 0.1) is 6.61 Å². The molecule has 0 amide bonds. The quantitative estimate of drug-likeness (QED) is 0.802. The van der Waals surface area contributed by atoms with E-state index in [0.29, 0.717) is 6.61 Å². The Labute approximate surface area is 113 Å². The normalized spacial score (nSPS) is 17.8. The predicted octanol–water partition coefficient (Wildman–Crippen LogP) is 3.01. The van der Waals surface area contributed by atoms with Gasteiger partial charge < -0.3 is 10.1 Å². The standard InChI is InChI=1S/C15H21F2NO/c1-19-7-6-18-11-15(4-2-3-5-15)12-8-13(16)10-14(17)9-12/h8-10,18H,2-7,11H2,1H3. The zero-order valence-electron chi connectivity index (χ0n) is 11.3. The molecule has 0 spiro atoms. The van der Waals surface area contributed by atoms with Crippen molar-refractivity contribution in [3.63, 3.8) is 0 Å². The second-order valence-corrected chi connectivity index (χ2v) is 5.32. The fourth-order valence-corrected chi connectivity index (χ4v) is 2.98. The van der Waals surface area contributed by atoms with Gasteiger partial charge in [-0.3, -0.25) is 0 Å². The van der Waals surface area contributed by atoms with E-state index in [4.69, 9.17) is 4.74 Å². The van der Waals surface area contributed by atoms with Crippen LogP contribution in [0.1, 0.15) is 31.2 Å².